The number of ether oxygens (including phenoxy) is 1. The van der Waals surface area contributed by atoms with Crippen molar-refractivity contribution in [2.75, 3.05) is 0 Å². The zero-order chi connectivity index (χ0) is 22.0. The minimum Gasteiger partial charge on any atom is -0.426 e. The lowest BCUT2D eigenvalue weighted by molar-refractivity contribution is -0.153. The summed E-state index contributed by atoms with van der Waals surface area (Å²) in [6.45, 7) is 13.0. The summed E-state index contributed by atoms with van der Waals surface area (Å²) in [5.74, 6) is 2.05. The van der Waals surface area contributed by atoms with Gasteiger partial charge in [0.25, 0.3) is 0 Å². The number of fused-ring (bicyclic) bond motifs is 8. The molecule has 160 valence electrons. The van der Waals surface area contributed by atoms with Crippen molar-refractivity contribution < 1.29 is 14.3 Å². The molecule has 30 heavy (non-hydrogen) atoms. The minimum atomic E-state index is -0.217. The molecule has 0 spiro atoms. The van der Waals surface area contributed by atoms with Gasteiger partial charge in [0, 0.05) is 24.2 Å². The average molecular weight is 407 g/mol. The van der Waals surface area contributed by atoms with Crippen LogP contribution in [0.3, 0.4) is 0 Å². The second kappa shape index (κ2) is 9.16. The molecule has 0 N–H and O–H groups in total. The summed E-state index contributed by atoms with van der Waals surface area (Å²) >= 11 is 0. The highest BCUT2D eigenvalue weighted by Crippen LogP contribution is 2.63. The first-order valence-corrected chi connectivity index (χ1v) is 11.1. The van der Waals surface area contributed by atoms with Gasteiger partial charge in [0.15, 0.2) is 0 Å². The zero-order valence-corrected chi connectivity index (χ0v) is 19.0. The van der Waals surface area contributed by atoms with Crippen molar-refractivity contribution in [2.45, 2.75) is 59.8 Å². The molecule has 3 nitrogen and oxygen atoms in total. The smallest absolute Gasteiger partial charge is 0.315 e. The number of hydrogen-bond donors (Lipinski definition) is 0. The average Bonchev–Trinajstić information content (AvgIpc) is 2.62. The molecule has 1 fully saturated rings. The van der Waals surface area contributed by atoms with E-state index in [1.54, 1.807) is 0 Å². The Hall–Kier alpha value is -2.42. The van der Waals surface area contributed by atoms with Crippen molar-refractivity contribution in [3.8, 4) is 5.75 Å². The zero-order valence-electron chi connectivity index (χ0n) is 19.0. The van der Waals surface area contributed by atoms with Crippen molar-refractivity contribution in [3.63, 3.8) is 0 Å². The van der Waals surface area contributed by atoms with Gasteiger partial charge in [-0.2, -0.15) is 0 Å². The van der Waals surface area contributed by atoms with Crippen LogP contribution in [0.2, 0.25) is 0 Å². The van der Waals surface area contributed by atoms with E-state index in [1.165, 1.54) is 0 Å². The Morgan fingerprint density at radius 3 is 1.83 bits per heavy atom. The first kappa shape index (κ1) is 22.3. The van der Waals surface area contributed by atoms with Gasteiger partial charge in [-0.1, -0.05) is 84.0 Å². The summed E-state index contributed by atoms with van der Waals surface area (Å²) in [4.78, 5) is 25.1. The van der Waals surface area contributed by atoms with Crippen molar-refractivity contribution >= 4 is 11.8 Å². The molecule has 1 heterocycles. The fourth-order valence-electron chi connectivity index (χ4n) is 4.57. The van der Waals surface area contributed by atoms with Gasteiger partial charge in [0.1, 0.15) is 11.5 Å². The normalized spacial score (nSPS) is 25.2. The first-order chi connectivity index (χ1) is 14.2. The second-order valence-corrected chi connectivity index (χ2v) is 9.87. The Kier molecular flexibility index (Phi) is 6.80. The molecule has 3 aliphatic rings. The molecule has 1 saturated carbocycles. The van der Waals surface area contributed by atoms with Crippen LogP contribution in [0.25, 0.3) is 0 Å². The number of benzene rings is 2. The highest BCUT2D eigenvalue weighted by molar-refractivity contribution is 5.94. The summed E-state index contributed by atoms with van der Waals surface area (Å²) < 4.78 is 5.51. The molecular formula is C27H34O3. The van der Waals surface area contributed by atoms with Gasteiger partial charge in [-0.3, -0.25) is 9.59 Å². The van der Waals surface area contributed by atoms with E-state index in [9.17, 15) is 9.59 Å². The number of hydrogen-bond acceptors (Lipinski definition) is 3. The lowest BCUT2D eigenvalue weighted by Crippen LogP contribution is -2.56. The summed E-state index contributed by atoms with van der Waals surface area (Å²) in [6, 6.07) is 15.6. The Bertz CT molecular complexity index is 823. The molecule has 2 aromatic carbocycles. The summed E-state index contributed by atoms with van der Waals surface area (Å²) in [5, 5.41) is 0. The predicted octanol–water partition coefficient (Wildman–Crippen LogP) is 6.17. The standard InChI is InChI=1S/C19H14O3.2C4H10/c20-13-9-10-5-1-2-6-11(10)15-17(13)16-12-7-3-4-8-14(12)22-19(21)18(15)16;2*1-4(2)3/h1-8,15-18H,9H2;2*4H,1-3H3. The number of carbonyl (C=O) groups is 2. The van der Waals surface area contributed by atoms with Crippen LogP contribution in [0.4, 0.5) is 0 Å². The lowest BCUT2D eigenvalue weighted by atomic mass is 9.48. The minimum absolute atomic E-state index is 0.0108. The fourth-order valence-corrected chi connectivity index (χ4v) is 4.57. The third-order valence-electron chi connectivity index (χ3n) is 5.46. The summed E-state index contributed by atoms with van der Waals surface area (Å²) in [6.07, 6.45) is 0.484. The highest BCUT2D eigenvalue weighted by Gasteiger charge is 2.62. The number of ketones is 1. The number of carbonyl (C=O) groups excluding carboxylic acids is 2. The Balaban J connectivity index is 0.000000278. The van der Waals surface area contributed by atoms with Crippen LogP contribution in [0.1, 0.15) is 70.1 Å². The largest absolute Gasteiger partial charge is 0.426 e. The maximum Gasteiger partial charge on any atom is 0.315 e. The fraction of sp³-hybridized carbons (Fsp3) is 0.481. The number of rotatable bonds is 0. The van der Waals surface area contributed by atoms with Gasteiger partial charge in [-0.25, -0.2) is 0 Å². The monoisotopic (exact) mass is 406 g/mol. The number of para-hydroxylation sites is 1. The molecule has 0 radical (unpaired) electrons. The molecule has 0 bridgehead atoms. The van der Waals surface area contributed by atoms with Crippen LogP contribution in [0.5, 0.6) is 5.75 Å². The lowest BCUT2D eigenvalue weighted by Gasteiger charge is -2.54. The van der Waals surface area contributed by atoms with Crippen molar-refractivity contribution in [2.24, 2.45) is 23.7 Å². The third-order valence-corrected chi connectivity index (χ3v) is 5.46. The van der Waals surface area contributed by atoms with Crippen molar-refractivity contribution in [1.29, 1.82) is 0 Å². The molecule has 0 amide bonds. The Morgan fingerprint density at radius 1 is 0.700 bits per heavy atom. The van der Waals surface area contributed by atoms with Gasteiger partial charge < -0.3 is 4.74 Å². The topological polar surface area (TPSA) is 43.4 Å². The van der Waals surface area contributed by atoms with Gasteiger partial charge in [-0.05, 0) is 34.6 Å². The third kappa shape index (κ3) is 4.35. The van der Waals surface area contributed by atoms with Crippen LogP contribution < -0.4 is 4.74 Å². The van der Waals surface area contributed by atoms with Crippen molar-refractivity contribution in [3.05, 3.63) is 65.2 Å². The van der Waals surface area contributed by atoms with Crippen LogP contribution in [-0.2, 0) is 16.0 Å². The molecule has 4 atom stereocenters. The van der Waals surface area contributed by atoms with Crippen LogP contribution in [-0.4, -0.2) is 11.8 Å². The van der Waals surface area contributed by atoms with Gasteiger partial charge in [-0.15, -0.1) is 0 Å². The van der Waals surface area contributed by atoms with Crippen molar-refractivity contribution in [1.82, 2.24) is 0 Å². The molecule has 0 saturated heterocycles. The highest BCUT2D eigenvalue weighted by atomic mass is 16.5. The molecular weight excluding hydrogens is 372 g/mol. The quantitative estimate of drug-likeness (QED) is 0.388. The second-order valence-electron chi connectivity index (χ2n) is 9.87. The number of esters is 1. The Morgan fingerprint density at radius 2 is 1.20 bits per heavy atom. The first-order valence-electron chi connectivity index (χ1n) is 11.1. The molecule has 2 aromatic rings. The molecule has 5 rings (SSSR count). The molecule has 2 aliphatic carbocycles. The summed E-state index contributed by atoms with van der Waals surface area (Å²) in [5.41, 5.74) is 3.24. The molecule has 0 aromatic heterocycles. The maximum atomic E-state index is 12.6. The van der Waals surface area contributed by atoms with Crippen LogP contribution in [0, 0.1) is 23.7 Å². The van der Waals surface area contributed by atoms with E-state index in [4.69, 9.17) is 4.74 Å². The molecule has 3 heteroatoms. The molecule has 4 unspecified atom stereocenters. The summed E-state index contributed by atoms with van der Waals surface area (Å²) in [7, 11) is 0. The SMILES string of the molecule is CC(C)C.CC(C)C.O=C1Cc2ccccc2C2C1C1c3ccccc3OC(=O)C21. The maximum absolute atomic E-state index is 12.6. The predicted molar refractivity (Wildman–Crippen MR) is 121 cm³/mol. The van der Waals surface area contributed by atoms with E-state index in [0.717, 1.165) is 28.5 Å². The van der Waals surface area contributed by atoms with Gasteiger partial charge in [0.2, 0.25) is 0 Å². The van der Waals surface area contributed by atoms with E-state index < -0.39 is 0 Å². The van der Waals surface area contributed by atoms with E-state index in [-0.39, 0.29) is 35.4 Å². The van der Waals surface area contributed by atoms with E-state index in [1.807, 2.05) is 42.5 Å². The van der Waals surface area contributed by atoms with Gasteiger partial charge in [0.05, 0.1) is 5.92 Å². The van der Waals surface area contributed by atoms with E-state index in [2.05, 4.69) is 47.6 Å². The number of Topliss-reactive ketones (excluding diaryl/α,β-unsaturated/α-hetero) is 1. The van der Waals surface area contributed by atoms with Crippen LogP contribution >= 0.6 is 0 Å². The Labute approximate surface area is 180 Å². The molecule has 1 aliphatic heterocycles. The van der Waals surface area contributed by atoms with Gasteiger partial charge >= 0.3 is 5.97 Å². The van der Waals surface area contributed by atoms with Crippen LogP contribution in [0.15, 0.2) is 48.5 Å². The van der Waals surface area contributed by atoms with E-state index >= 15 is 0 Å². The van der Waals surface area contributed by atoms with E-state index in [0.29, 0.717) is 12.2 Å².